The number of hydrogen-bond donors (Lipinski definition) is 25. The number of hydrogen-bond acceptors (Lipinski definition) is 46. The number of carboxylic acids is 6. The van der Waals surface area contributed by atoms with Gasteiger partial charge in [0.25, 0.3) is 34.7 Å². The Labute approximate surface area is 769 Å². The molecular formula is C82H138O52. The molecule has 0 aromatic heterocycles. The molecule has 0 bridgehead atoms. The maximum Gasteiger partial charge on any atom is 0.364 e. The fourth-order valence-electron chi connectivity index (χ4n) is 14.9. The summed E-state index contributed by atoms with van der Waals surface area (Å²) in [5.74, 6) is -33.9. The lowest BCUT2D eigenvalue weighted by molar-refractivity contribution is -0.303. The molecule has 38 unspecified atom stereocenters. The Morgan fingerprint density at radius 3 is 0.761 bits per heavy atom. The highest BCUT2D eigenvalue weighted by Crippen LogP contribution is 2.43. The zero-order valence-electron chi connectivity index (χ0n) is 77.7. The van der Waals surface area contributed by atoms with Crippen molar-refractivity contribution in [3.8, 4) is 0 Å². The van der Waals surface area contributed by atoms with E-state index >= 15 is 0 Å². The van der Waals surface area contributed by atoms with Gasteiger partial charge in [0, 0.05) is 104 Å². The van der Waals surface area contributed by atoms with Crippen molar-refractivity contribution in [2.45, 2.75) is 364 Å². The van der Waals surface area contributed by atoms with Gasteiger partial charge in [-0.05, 0) is 56.8 Å². The molecular weight excluding hydrogens is 1820 g/mol. The number of ether oxygens (including phenoxy) is 14. The predicted molar refractivity (Wildman–Crippen MR) is 438 cm³/mol. The van der Waals surface area contributed by atoms with Crippen LogP contribution in [0.25, 0.3) is 0 Å². The quantitative estimate of drug-likeness (QED) is 0.0210. The fourth-order valence-corrected chi connectivity index (χ4v) is 14.9. The number of aliphatic hydroxyl groups is 19. The molecule has 0 saturated carbocycles. The third-order valence-corrected chi connectivity index (χ3v) is 23.5. The van der Waals surface area contributed by atoms with Gasteiger partial charge in [0.15, 0.2) is 12.2 Å². The van der Waals surface area contributed by atoms with Gasteiger partial charge in [-0.2, -0.15) is 0 Å². The summed E-state index contributed by atoms with van der Waals surface area (Å²) in [5, 5.41) is 241. The van der Waals surface area contributed by atoms with Crippen molar-refractivity contribution in [1.82, 2.24) is 0 Å². The van der Waals surface area contributed by atoms with Gasteiger partial charge in [-0.15, -0.1) is 0 Å². The molecule has 6 saturated heterocycles. The Morgan fingerprint density at radius 2 is 0.530 bits per heavy atom. The Hall–Kier alpha value is -7.93. The maximum absolute atomic E-state index is 11.5. The average Bonchev–Trinajstić information content (AvgIpc) is 0.773. The molecule has 25 N–H and O–H groups in total. The predicted octanol–water partition coefficient (Wildman–Crippen LogP) is -6.27. The molecule has 6 aliphatic heterocycles. The van der Waals surface area contributed by atoms with Crippen molar-refractivity contribution in [2.24, 2.45) is 47.3 Å². The highest BCUT2D eigenvalue weighted by atomic mass is 16.7. The molecule has 0 aromatic rings. The van der Waals surface area contributed by atoms with Gasteiger partial charge < -0.3 is 194 Å². The number of carbonyl (C=O) groups excluding carboxylic acids is 7. The molecule has 52 heteroatoms. The minimum Gasteiger partial charge on any atom is -0.477 e. The van der Waals surface area contributed by atoms with Crippen LogP contribution in [0.4, 0.5) is 0 Å². The monoisotopic (exact) mass is 1950 g/mol. The van der Waals surface area contributed by atoms with E-state index in [0.717, 1.165) is 13.8 Å². The zero-order chi connectivity index (χ0) is 104. The summed E-state index contributed by atoms with van der Waals surface area (Å²) in [6, 6.07) is 0. The first-order chi connectivity index (χ1) is 61.4. The van der Waals surface area contributed by atoms with E-state index in [-0.39, 0.29) is 49.4 Å². The van der Waals surface area contributed by atoms with Crippen LogP contribution >= 0.6 is 0 Å². The van der Waals surface area contributed by atoms with Gasteiger partial charge in [0.05, 0.1) is 55.4 Å². The number of methoxy groups -OCH3 is 1. The number of carbonyl (C=O) groups is 13. The first kappa shape index (κ1) is 124. The van der Waals surface area contributed by atoms with Gasteiger partial charge in [-0.3, -0.25) is 24.0 Å². The Bertz CT molecular complexity index is 3620. The Kier molecular flexibility index (Phi) is 49.9. The van der Waals surface area contributed by atoms with Crippen molar-refractivity contribution in [3.63, 3.8) is 0 Å². The van der Waals surface area contributed by atoms with Gasteiger partial charge in [0.1, 0.15) is 98.7 Å². The van der Waals surface area contributed by atoms with Crippen molar-refractivity contribution < 1.29 is 256 Å². The molecule has 134 heavy (non-hydrogen) atoms. The summed E-state index contributed by atoms with van der Waals surface area (Å²) >= 11 is 0. The summed E-state index contributed by atoms with van der Waals surface area (Å²) in [6.45, 7) is 24.7. The van der Waals surface area contributed by atoms with Crippen LogP contribution < -0.4 is 0 Å². The molecule has 0 spiro atoms. The van der Waals surface area contributed by atoms with Crippen LogP contribution in [0.2, 0.25) is 0 Å². The molecule has 6 aliphatic rings. The summed E-state index contributed by atoms with van der Waals surface area (Å²) < 4.78 is 70.6. The van der Waals surface area contributed by atoms with Crippen LogP contribution in [0.5, 0.6) is 0 Å². The molecule has 6 heterocycles. The lowest BCUT2D eigenvalue weighted by Gasteiger charge is -2.45. The third-order valence-electron chi connectivity index (χ3n) is 23.5. The summed E-state index contributed by atoms with van der Waals surface area (Å²) in [5.41, 5.74) is 0. The van der Waals surface area contributed by atoms with Crippen LogP contribution in [0, 0.1) is 47.3 Å². The molecule has 6 fully saturated rings. The molecule has 0 radical (unpaired) electrons. The second kappa shape index (κ2) is 53.9. The van der Waals surface area contributed by atoms with E-state index < -0.39 is 328 Å². The second-order valence-electron chi connectivity index (χ2n) is 34.1. The standard InChI is InChI=1S/C16H26O8.C15H24O9.C14H24O9.C13H22O10.C13H22O8.C11H20O8/c1-6-12(22-10(4)17)14(23-11(5)18)13-9(3)8(2)7-16(21,24-13)15(19)20;1-5-11(22-8(3)16)13(23-9(4)17)12-7(2)10(18)6-15(21,24-12)14(19)20;1-6-4-14(21,13(19)20)23-11(7(6)2)10(17)9(16)5-22-12(18)8(3)15;1-5-7(15)3-13(21,12(19)20)23-10(5)9(17)8(16)4-22-11(18)6(2)14;1-4-9(20-7(3)14)10(16)11-6(2)8(15)5-13(19,21-11)12(17)18;1-5-6(13)3-11(17,10(15)16)19-9(5)8(14)7(4-12)18-2/h8-9,12-14,21H,6-7H2,1-5H3,(H,19,20);7,10-13,18,21H,5-6H2,1-4H3,(H,19,20);6-11,15-17,21H,4-5H2,1-3H3,(H,19,20);5-10,14-17,21H,3-4H2,1-2H3,(H,19,20);6,8-11,15-16,19H,4-5H2,1-3H3,(H,17,18);5-9,12-14,17H,3-4H2,1-2H3,(H,15,16). The van der Waals surface area contributed by atoms with Crippen LogP contribution in [0.3, 0.4) is 0 Å². The van der Waals surface area contributed by atoms with Crippen LogP contribution in [-0.4, -0.2) is 413 Å². The minimum atomic E-state index is -2.70. The average molecular weight is 1960 g/mol. The zero-order valence-corrected chi connectivity index (χ0v) is 77.7. The normalized spacial score (nSPS) is 34.8. The van der Waals surface area contributed by atoms with Gasteiger partial charge in [-0.25, -0.2) is 38.4 Å². The smallest absolute Gasteiger partial charge is 0.364 e. The molecule has 52 nitrogen and oxygen atoms in total. The molecule has 38 atom stereocenters. The highest BCUT2D eigenvalue weighted by molar-refractivity contribution is 5.79. The second-order valence-corrected chi connectivity index (χ2v) is 34.1. The lowest BCUT2D eigenvalue weighted by atomic mass is 9.79. The SMILES string of the molecule is CC(O)C(=O)OCC(O)C(O)C1OC(O)(C(=O)O)CC(C)C1C.CC(O)C(=O)OCC(O)C(O)C1OC(O)(C(=O)O)CC(O)C1C.CCC(OC(C)=O)C(O)C1OC(O)(C(=O)O)CC(O)C1C.CCC(OC(C)=O)C(OC(C)=O)C1OC(O)(C(=O)O)CC(C)C1C.CCC(OC(C)=O)C(OC(C)=O)C1OC(O)(C(=O)O)CC(O)C1C.COC(CO)C(O)C1OC(O)(C(=O)O)CC(O)C1C. The Balaban J connectivity index is 0.000000805. The van der Waals surface area contributed by atoms with E-state index in [9.17, 15) is 149 Å². The molecule has 0 aliphatic carbocycles. The molecule has 778 valence electrons. The van der Waals surface area contributed by atoms with E-state index in [4.69, 9.17) is 97.7 Å². The van der Waals surface area contributed by atoms with Crippen LogP contribution in [0.1, 0.15) is 182 Å². The van der Waals surface area contributed by atoms with Gasteiger partial charge in [-0.1, -0.05) is 76.2 Å². The first-order valence-electron chi connectivity index (χ1n) is 42.7. The third kappa shape index (κ3) is 34.9. The van der Waals surface area contributed by atoms with Crippen molar-refractivity contribution in [3.05, 3.63) is 0 Å². The van der Waals surface area contributed by atoms with E-state index in [2.05, 4.69) is 9.47 Å². The van der Waals surface area contributed by atoms with Crippen LogP contribution in [-0.2, 0) is 129 Å². The lowest BCUT2D eigenvalue weighted by Crippen LogP contribution is -2.60. The van der Waals surface area contributed by atoms with Crippen molar-refractivity contribution in [1.29, 1.82) is 0 Å². The number of aliphatic carboxylic acids is 6. The highest BCUT2D eigenvalue weighted by Gasteiger charge is 2.59. The van der Waals surface area contributed by atoms with Crippen molar-refractivity contribution in [2.75, 3.05) is 26.9 Å². The summed E-state index contributed by atoms with van der Waals surface area (Å²) in [6.07, 6.45) is -31.3. The Morgan fingerprint density at radius 1 is 0.321 bits per heavy atom. The summed E-state index contributed by atoms with van der Waals surface area (Å²) in [4.78, 5) is 146. The fraction of sp³-hybridized carbons (Fsp3) is 0.841. The first-order valence-corrected chi connectivity index (χ1v) is 42.7. The molecule has 0 amide bonds. The topological polar surface area (TPSA) is 857 Å². The van der Waals surface area contributed by atoms with E-state index in [0.29, 0.717) is 6.42 Å². The van der Waals surface area contributed by atoms with E-state index in [1.807, 2.05) is 6.92 Å². The maximum atomic E-state index is 11.5. The summed E-state index contributed by atoms with van der Waals surface area (Å²) in [7, 11) is 1.26. The number of esters is 7. The number of carboxylic acid groups (broad SMARTS) is 6. The minimum absolute atomic E-state index is 0.0862. The van der Waals surface area contributed by atoms with Gasteiger partial charge in [0.2, 0.25) is 0 Å². The van der Waals surface area contributed by atoms with E-state index in [1.54, 1.807) is 62.3 Å². The van der Waals surface area contributed by atoms with Crippen molar-refractivity contribution >= 4 is 77.6 Å². The number of aliphatic hydroxyl groups excluding tert-OH is 13. The number of rotatable bonds is 34. The van der Waals surface area contributed by atoms with Gasteiger partial charge >= 0.3 is 77.6 Å². The molecule has 6 rings (SSSR count). The molecule has 0 aromatic carbocycles. The largest absolute Gasteiger partial charge is 0.477 e. The van der Waals surface area contributed by atoms with Crippen LogP contribution in [0.15, 0.2) is 0 Å². The van der Waals surface area contributed by atoms with E-state index in [1.165, 1.54) is 48.7 Å².